The summed E-state index contributed by atoms with van der Waals surface area (Å²) < 4.78 is 22.3. The number of nitrogens with one attached hydrogen (secondary N) is 1. The minimum absolute atomic E-state index is 0.284. The van der Waals surface area contributed by atoms with Gasteiger partial charge in [-0.15, -0.1) is 0 Å². The van der Waals surface area contributed by atoms with Crippen molar-refractivity contribution in [3.05, 3.63) is 84.6 Å². The van der Waals surface area contributed by atoms with Gasteiger partial charge < -0.3 is 23.9 Å². The third kappa shape index (κ3) is 4.54. The number of hydrogen-bond donors (Lipinski definition) is 1. The zero-order valence-electron chi connectivity index (χ0n) is 19.8. The van der Waals surface area contributed by atoms with Gasteiger partial charge >= 0.3 is 0 Å². The van der Waals surface area contributed by atoms with Crippen molar-refractivity contribution in [1.82, 2.24) is 15.0 Å². The van der Waals surface area contributed by atoms with Crippen molar-refractivity contribution in [3.63, 3.8) is 0 Å². The maximum atomic E-state index is 13.0. The van der Waals surface area contributed by atoms with Gasteiger partial charge in [0.15, 0.2) is 23.7 Å². The molecule has 5 aromatic rings. The second-order valence-electron chi connectivity index (χ2n) is 7.89. The molecule has 2 heterocycles. The molecule has 1 amide bonds. The first kappa shape index (κ1) is 22.9. The first-order valence-corrected chi connectivity index (χ1v) is 11.0. The van der Waals surface area contributed by atoms with Crippen LogP contribution in [0, 0.1) is 6.92 Å². The number of aryl methyl sites for hydroxylation is 1. The van der Waals surface area contributed by atoms with Crippen LogP contribution in [0.3, 0.4) is 0 Å². The number of nitrogens with zero attached hydrogens (tertiary/aromatic N) is 3. The first-order chi connectivity index (χ1) is 17.6. The van der Waals surface area contributed by atoms with E-state index in [1.807, 2.05) is 31.2 Å². The fourth-order valence-corrected chi connectivity index (χ4v) is 3.71. The van der Waals surface area contributed by atoms with Crippen LogP contribution in [0.1, 0.15) is 15.9 Å². The highest BCUT2D eigenvalue weighted by Crippen LogP contribution is 2.36. The highest BCUT2D eigenvalue weighted by molar-refractivity contribution is 6.04. The summed E-state index contributed by atoms with van der Waals surface area (Å²) in [6.45, 7) is 1.89. The number of rotatable bonds is 7. The zero-order chi connectivity index (χ0) is 25.1. The molecule has 180 valence electrons. The number of carbonyl (C=O) groups excluding carboxylic acids is 1. The zero-order valence-corrected chi connectivity index (χ0v) is 19.8. The second kappa shape index (κ2) is 9.75. The minimum Gasteiger partial charge on any atom is -0.493 e. The lowest BCUT2D eigenvalue weighted by Crippen LogP contribution is -2.12. The summed E-state index contributed by atoms with van der Waals surface area (Å²) in [5.74, 6) is 2.24. The fourth-order valence-electron chi connectivity index (χ4n) is 3.71. The topological polar surface area (TPSA) is 109 Å². The highest BCUT2D eigenvalue weighted by Gasteiger charge is 2.15. The molecular formula is C27H22N4O5. The van der Waals surface area contributed by atoms with Gasteiger partial charge in [-0.05, 0) is 42.8 Å². The van der Waals surface area contributed by atoms with Gasteiger partial charge in [0, 0.05) is 22.9 Å². The Labute approximate surface area is 206 Å². The number of carbonyl (C=O) groups is 1. The molecule has 0 aliphatic carbocycles. The third-order valence-corrected chi connectivity index (χ3v) is 5.60. The number of fused-ring (bicyclic) bond motifs is 1. The van der Waals surface area contributed by atoms with Gasteiger partial charge in [0.1, 0.15) is 12.1 Å². The quantitative estimate of drug-likeness (QED) is 0.317. The Morgan fingerprint density at radius 1 is 0.944 bits per heavy atom. The van der Waals surface area contributed by atoms with Gasteiger partial charge in [-0.3, -0.25) is 4.79 Å². The Kier molecular flexibility index (Phi) is 6.19. The number of hydrogen-bond acceptors (Lipinski definition) is 8. The summed E-state index contributed by atoms with van der Waals surface area (Å²) in [5, 5.41) is 3.56. The molecule has 0 aliphatic rings. The van der Waals surface area contributed by atoms with Crippen LogP contribution in [-0.4, -0.2) is 35.1 Å². The molecule has 0 saturated carbocycles. The maximum absolute atomic E-state index is 13.0. The lowest BCUT2D eigenvalue weighted by Gasteiger charge is -2.13. The van der Waals surface area contributed by atoms with Crippen molar-refractivity contribution in [2.75, 3.05) is 19.5 Å². The summed E-state index contributed by atoms with van der Waals surface area (Å²) in [4.78, 5) is 25.6. The van der Waals surface area contributed by atoms with E-state index in [0.717, 1.165) is 11.1 Å². The van der Waals surface area contributed by atoms with E-state index in [4.69, 9.17) is 18.6 Å². The maximum Gasteiger partial charge on any atom is 0.255 e. The van der Waals surface area contributed by atoms with Gasteiger partial charge in [-0.1, -0.05) is 18.2 Å². The lowest BCUT2D eigenvalue weighted by atomic mass is 10.1. The van der Waals surface area contributed by atoms with Crippen LogP contribution >= 0.6 is 0 Å². The third-order valence-electron chi connectivity index (χ3n) is 5.60. The van der Waals surface area contributed by atoms with E-state index >= 15 is 0 Å². The van der Waals surface area contributed by atoms with Crippen molar-refractivity contribution < 1.29 is 23.4 Å². The number of amides is 1. The molecule has 0 aliphatic heterocycles. The van der Waals surface area contributed by atoms with Crippen LogP contribution in [0.5, 0.6) is 23.1 Å². The Morgan fingerprint density at radius 2 is 1.78 bits per heavy atom. The molecule has 0 unspecified atom stereocenters. The molecular weight excluding hydrogens is 460 g/mol. The van der Waals surface area contributed by atoms with E-state index in [9.17, 15) is 4.79 Å². The Balaban J connectivity index is 1.42. The number of benzene rings is 3. The highest BCUT2D eigenvalue weighted by atomic mass is 16.5. The molecule has 9 heteroatoms. The number of oxazole rings is 1. The van der Waals surface area contributed by atoms with Crippen molar-refractivity contribution >= 4 is 22.5 Å². The number of aromatic nitrogens is 3. The predicted molar refractivity (Wildman–Crippen MR) is 134 cm³/mol. The molecule has 5 rings (SSSR count). The van der Waals surface area contributed by atoms with Crippen LogP contribution in [0.4, 0.5) is 5.69 Å². The molecule has 0 spiro atoms. The normalized spacial score (nSPS) is 10.8. The molecule has 9 nitrogen and oxygen atoms in total. The fraction of sp³-hybridized carbons (Fsp3) is 0.111. The Bertz CT molecular complexity index is 1550. The van der Waals surface area contributed by atoms with E-state index in [1.165, 1.54) is 12.7 Å². The van der Waals surface area contributed by atoms with Crippen molar-refractivity contribution in [2.45, 2.75) is 6.92 Å². The van der Waals surface area contributed by atoms with Gasteiger partial charge in [0.2, 0.25) is 5.88 Å². The smallest absolute Gasteiger partial charge is 0.255 e. The summed E-state index contributed by atoms with van der Waals surface area (Å²) in [6, 6.07) is 16.1. The Morgan fingerprint density at radius 3 is 2.56 bits per heavy atom. The van der Waals surface area contributed by atoms with Crippen LogP contribution in [0.25, 0.3) is 22.2 Å². The monoisotopic (exact) mass is 482 g/mol. The van der Waals surface area contributed by atoms with Crippen LogP contribution in [0.2, 0.25) is 0 Å². The molecule has 2 aromatic heterocycles. The van der Waals surface area contributed by atoms with Gasteiger partial charge in [-0.2, -0.15) is 0 Å². The number of anilines is 1. The minimum atomic E-state index is -0.284. The van der Waals surface area contributed by atoms with Crippen molar-refractivity contribution in [1.29, 1.82) is 0 Å². The van der Waals surface area contributed by atoms with Gasteiger partial charge in [-0.25, -0.2) is 15.0 Å². The molecule has 0 radical (unpaired) electrons. The largest absolute Gasteiger partial charge is 0.493 e. The number of methoxy groups -OCH3 is 2. The van der Waals surface area contributed by atoms with Gasteiger partial charge in [0.25, 0.3) is 5.91 Å². The van der Waals surface area contributed by atoms with E-state index in [1.54, 1.807) is 50.7 Å². The van der Waals surface area contributed by atoms with Crippen LogP contribution in [-0.2, 0) is 0 Å². The van der Waals surface area contributed by atoms with Crippen LogP contribution < -0.4 is 19.5 Å². The molecule has 0 fully saturated rings. The SMILES string of the molecule is COc1cc2ncnc(Oc3cc(C(=O)Nc4cccc(-c5cnco5)c4)ccc3C)c2cc1OC. The Hall–Kier alpha value is -4.92. The molecule has 0 saturated heterocycles. The van der Waals surface area contributed by atoms with Crippen LogP contribution in [0.15, 0.2) is 77.9 Å². The molecule has 1 N–H and O–H groups in total. The van der Waals surface area contributed by atoms with Crippen molar-refractivity contribution in [3.8, 4) is 34.5 Å². The number of ether oxygens (including phenoxy) is 3. The van der Waals surface area contributed by atoms with E-state index in [-0.39, 0.29) is 5.91 Å². The summed E-state index contributed by atoms with van der Waals surface area (Å²) in [7, 11) is 3.12. The van der Waals surface area contributed by atoms with Crippen molar-refractivity contribution in [2.24, 2.45) is 0 Å². The lowest BCUT2D eigenvalue weighted by molar-refractivity contribution is 0.102. The average molecular weight is 482 g/mol. The molecule has 36 heavy (non-hydrogen) atoms. The van der Waals surface area contributed by atoms with E-state index in [2.05, 4.69) is 20.3 Å². The molecule has 0 bridgehead atoms. The predicted octanol–water partition coefficient (Wildman–Crippen LogP) is 5.66. The van der Waals surface area contributed by atoms with E-state index < -0.39 is 0 Å². The first-order valence-electron chi connectivity index (χ1n) is 11.0. The molecule has 0 atom stereocenters. The summed E-state index contributed by atoms with van der Waals surface area (Å²) >= 11 is 0. The summed E-state index contributed by atoms with van der Waals surface area (Å²) in [5.41, 5.74) is 3.33. The average Bonchev–Trinajstić information content (AvgIpc) is 3.44. The van der Waals surface area contributed by atoms with E-state index in [0.29, 0.717) is 51.0 Å². The summed E-state index contributed by atoms with van der Waals surface area (Å²) in [6.07, 6.45) is 4.39. The standard InChI is InChI=1S/C27H22N4O5/c1-16-7-8-18(26(32)31-19-6-4-5-17(9-19)25-13-28-15-35-25)10-22(16)36-27-20-11-23(33-2)24(34-3)12-21(20)29-14-30-27/h4-15H,1-3H3,(H,31,32). The second-order valence-corrected chi connectivity index (χ2v) is 7.89. The van der Waals surface area contributed by atoms with Gasteiger partial charge in [0.05, 0.1) is 31.3 Å². The molecule has 3 aromatic carbocycles.